The molecule has 0 aromatic heterocycles. The number of hydrogen-bond acceptors (Lipinski definition) is 6. The van der Waals surface area contributed by atoms with Crippen LogP contribution in [0.2, 0.25) is 0 Å². The van der Waals surface area contributed by atoms with E-state index >= 15 is 0 Å². The minimum atomic E-state index is -0.894. The third-order valence-electron chi connectivity index (χ3n) is 8.51. The number of aliphatic carboxylic acids is 1. The van der Waals surface area contributed by atoms with Crippen LogP contribution >= 0.6 is 0 Å². The van der Waals surface area contributed by atoms with Gasteiger partial charge in [-0.2, -0.15) is 0 Å². The number of carboxylic acid groups (broad SMARTS) is 1. The van der Waals surface area contributed by atoms with Gasteiger partial charge in [0.15, 0.2) is 12.1 Å². The molecule has 8 heteroatoms. The molecule has 0 saturated heterocycles. The van der Waals surface area contributed by atoms with E-state index in [9.17, 15) is 19.5 Å². The van der Waals surface area contributed by atoms with Crippen molar-refractivity contribution in [2.45, 2.75) is 135 Å². The van der Waals surface area contributed by atoms with E-state index in [2.05, 4.69) is 92.8 Å². The number of unbranched alkanes of at least 4 members (excludes halogenated alkanes) is 6. The minimum Gasteiger partial charge on any atom is -0.477 e. The fourth-order valence-corrected chi connectivity index (χ4v) is 5.31. The summed E-state index contributed by atoms with van der Waals surface area (Å²) in [6.45, 7) is 4.36. The lowest BCUT2D eigenvalue weighted by Crippen LogP contribution is -2.50. The van der Waals surface area contributed by atoms with Crippen molar-refractivity contribution in [2.75, 3.05) is 41.0 Å². The van der Waals surface area contributed by atoms with Gasteiger partial charge in [-0.1, -0.05) is 142 Å². The Hall–Kier alpha value is -4.01. The molecule has 2 atom stereocenters. The van der Waals surface area contributed by atoms with Gasteiger partial charge in [-0.05, 0) is 70.6 Å². The standard InChI is InChI=1S/C48H75NO7/c1-6-8-10-12-14-16-18-20-22-23-25-27-29-31-33-35-37-39-47(51)56-44(42-54-41-40-45(48(52)53)49(3,4)5)43-55-46(50)38-36-34-32-30-28-26-24-21-19-17-15-13-11-9-7-2/h8-11,13-17,19-22,24-25,27,31,33,44-45H,6-7,12,18,23,26,28-30,32,34-43H2,1-5H3/p+1/b10-8+,11-9+,15-13+,16-14+,19-17+,22-20+,24-21+,27-25+,33-31+. The lowest BCUT2D eigenvalue weighted by atomic mass is 10.1. The molecule has 2 unspecified atom stereocenters. The molecule has 0 aromatic rings. The Kier molecular flexibility index (Phi) is 35.2. The molecule has 0 saturated carbocycles. The molecular formula is C48H76NO7+. The van der Waals surface area contributed by atoms with Crippen LogP contribution in [-0.4, -0.2) is 80.6 Å². The maximum Gasteiger partial charge on any atom is 0.362 e. The van der Waals surface area contributed by atoms with Crippen LogP contribution in [-0.2, 0) is 28.6 Å². The SMILES string of the molecule is CC/C=C/C=C/C=C/C=C/CCCCCCCC(=O)OCC(COCCC(C(=O)O)[N+](C)(C)C)OC(=O)CCC/C=C/C/C=C/C/C=C/C/C=C/C/C=C/CC. The zero-order chi connectivity index (χ0) is 41.4. The zero-order valence-corrected chi connectivity index (χ0v) is 35.5. The lowest BCUT2D eigenvalue weighted by molar-refractivity contribution is -0.887. The number of hydrogen-bond donors (Lipinski definition) is 1. The largest absolute Gasteiger partial charge is 0.477 e. The monoisotopic (exact) mass is 779 g/mol. The quantitative estimate of drug-likeness (QED) is 0.0225. The number of allylic oxidation sites excluding steroid dienone is 18. The molecule has 0 aliphatic rings. The Labute approximate surface area is 340 Å². The molecule has 0 spiro atoms. The molecule has 56 heavy (non-hydrogen) atoms. The second kappa shape index (κ2) is 37.9. The summed E-state index contributed by atoms with van der Waals surface area (Å²) >= 11 is 0. The van der Waals surface area contributed by atoms with Gasteiger partial charge in [0.1, 0.15) is 6.61 Å². The molecule has 0 heterocycles. The highest BCUT2D eigenvalue weighted by Crippen LogP contribution is 2.11. The van der Waals surface area contributed by atoms with E-state index in [0.717, 1.165) is 83.5 Å². The number of esters is 2. The highest BCUT2D eigenvalue weighted by Gasteiger charge is 2.31. The van der Waals surface area contributed by atoms with Crippen molar-refractivity contribution in [2.24, 2.45) is 0 Å². The van der Waals surface area contributed by atoms with Crippen molar-refractivity contribution in [3.63, 3.8) is 0 Å². The van der Waals surface area contributed by atoms with Crippen LogP contribution in [0.1, 0.15) is 123 Å². The van der Waals surface area contributed by atoms with Crippen molar-refractivity contribution < 1.29 is 38.2 Å². The fourth-order valence-electron chi connectivity index (χ4n) is 5.31. The smallest absolute Gasteiger partial charge is 0.362 e. The first-order valence-corrected chi connectivity index (χ1v) is 21.0. The van der Waals surface area contributed by atoms with Crippen molar-refractivity contribution in [1.82, 2.24) is 0 Å². The summed E-state index contributed by atoms with van der Waals surface area (Å²) in [7, 11) is 5.48. The first-order valence-electron chi connectivity index (χ1n) is 21.0. The van der Waals surface area contributed by atoms with Gasteiger partial charge in [-0.3, -0.25) is 9.59 Å². The number of quaternary nitrogens is 1. The second-order valence-corrected chi connectivity index (χ2v) is 14.6. The van der Waals surface area contributed by atoms with E-state index in [1.165, 1.54) is 0 Å². The van der Waals surface area contributed by atoms with Crippen LogP contribution in [0.4, 0.5) is 0 Å². The summed E-state index contributed by atoms with van der Waals surface area (Å²) in [6.07, 6.45) is 51.4. The van der Waals surface area contributed by atoms with Crippen molar-refractivity contribution >= 4 is 17.9 Å². The Balaban J connectivity index is 4.55. The summed E-state index contributed by atoms with van der Waals surface area (Å²) in [5.41, 5.74) is 0. The molecule has 8 nitrogen and oxygen atoms in total. The predicted molar refractivity (Wildman–Crippen MR) is 233 cm³/mol. The lowest BCUT2D eigenvalue weighted by Gasteiger charge is -2.31. The van der Waals surface area contributed by atoms with Crippen LogP contribution < -0.4 is 0 Å². The predicted octanol–water partition coefficient (Wildman–Crippen LogP) is 11.3. The average Bonchev–Trinajstić information content (AvgIpc) is 3.15. The van der Waals surface area contributed by atoms with Gasteiger partial charge in [0.25, 0.3) is 0 Å². The number of rotatable bonds is 35. The third kappa shape index (κ3) is 35.7. The molecule has 0 bridgehead atoms. The minimum absolute atomic E-state index is 0.0223. The van der Waals surface area contributed by atoms with Gasteiger partial charge >= 0.3 is 17.9 Å². The normalized spacial score (nSPS) is 14.1. The molecule has 0 amide bonds. The molecule has 314 valence electrons. The first-order chi connectivity index (χ1) is 27.1. The van der Waals surface area contributed by atoms with Crippen molar-refractivity contribution in [3.05, 3.63) is 109 Å². The van der Waals surface area contributed by atoms with Gasteiger partial charge in [0.05, 0.1) is 34.4 Å². The van der Waals surface area contributed by atoms with Gasteiger partial charge in [0.2, 0.25) is 0 Å². The average molecular weight is 779 g/mol. The Bertz CT molecular complexity index is 1280. The van der Waals surface area contributed by atoms with E-state index in [1.54, 1.807) is 0 Å². The number of carbonyl (C=O) groups excluding carboxylic acids is 2. The van der Waals surface area contributed by atoms with E-state index < -0.39 is 18.1 Å². The summed E-state index contributed by atoms with van der Waals surface area (Å²) < 4.78 is 17.2. The van der Waals surface area contributed by atoms with Gasteiger partial charge in [-0.15, -0.1) is 0 Å². The summed E-state index contributed by atoms with van der Waals surface area (Å²) in [5, 5.41) is 9.61. The van der Waals surface area contributed by atoms with Crippen molar-refractivity contribution in [3.8, 4) is 0 Å². The first kappa shape index (κ1) is 52.0. The van der Waals surface area contributed by atoms with Crippen LogP contribution in [0.5, 0.6) is 0 Å². The molecule has 1 N–H and O–H groups in total. The van der Waals surface area contributed by atoms with E-state index in [0.29, 0.717) is 19.3 Å². The number of nitrogens with zero attached hydrogens (tertiary/aromatic N) is 1. The van der Waals surface area contributed by atoms with E-state index in [1.807, 2.05) is 51.5 Å². The second-order valence-electron chi connectivity index (χ2n) is 14.6. The van der Waals surface area contributed by atoms with Crippen LogP contribution in [0.3, 0.4) is 0 Å². The number of likely N-dealkylation sites (N-methyl/N-ethyl adjacent to an activating group) is 1. The molecule has 0 aromatic carbocycles. The fraction of sp³-hybridized carbons (Fsp3) is 0.562. The van der Waals surface area contributed by atoms with Crippen LogP contribution in [0, 0.1) is 0 Å². The van der Waals surface area contributed by atoms with Crippen LogP contribution in [0.25, 0.3) is 0 Å². The topological polar surface area (TPSA) is 99.1 Å². The van der Waals surface area contributed by atoms with Gasteiger partial charge in [-0.25, -0.2) is 4.79 Å². The highest BCUT2D eigenvalue weighted by atomic mass is 16.6. The summed E-state index contributed by atoms with van der Waals surface area (Å²) in [5.74, 6) is -1.59. The molecular weight excluding hydrogens is 703 g/mol. The third-order valence-corrected chi connectivity index (χ3v) is 8.51. The maximum absolute atomic E-state index is 12.7. The summed E-state index contributed by atoms with van der Waals surface area (Å²) in [6, 6.07) is -0.635. The van der Waals surface area contributed by atoms with E-state index in [-0.39, 0.29) is 42.7 Å². The molecule has 0 fully saturated rings. The van der Waals surface area contributed by atoms with Crippen molar-refractivity contribution in [1.29, 1.82) is 0 Å². The van der Waals surface area contributed by atoms with Gasteiger partial charge in [0, 0.05) is 19.3 Å². The molecule has 0 radical (unpaired) electrons. The number of ether oxygens (including phenoxy) is 3. The Morgan fingerprint density at radius 3 is 1.64 bits per heavy atom. The molecule has 0 aliphatic carbocycles. The van der Waals surface area contributed by atoms with E-state index in [4.69, 9.17) is 14.2 Å². The maximum atomic E-state index is 12.7. The molecule has 0 aliphatic heterocycles. The Morgan fingerprint density at radius 2 is 1.05 bits per heavy atom. The number of carbonyl (C=O) groups is 3. The zero-order valence-electron chi connectivity index (χ0n) is 35.5. The van der Waals surface area contributed by atoms with Crippen LogP contribution in [0.15, 0.2) is 109 Å². The highest BCUT2D eigenvalue weighted by molar-refractivity contribution is 5.72. The number of carboxylic acids is 1. The Morgan fingerprint density at radius 1 is 0.554 bits per heavy atom. The molecule has 0 rings (SSSR count). The van der Waals surface area contributed by atoms with Gasteiger partial charge < -0.3 is 23.8 Å². The summed E-state index contributed by atoms with van der Waals surface area (Å²) in [4.78, 5) is 36.9.